The number of hydrogen-bond acceptors (Lipinski definition) is 6. The monoisotopic (exact) mass is 303 g/mol. The molecule has 7 heteroatoms. The topological polar surface area (TPSA) is 63.9 Å². The zero-order chi connectivity index (χ0) is 14.4. The van der Waals surface area contributed by atoms with Crippen molar-refractivity contribution in [3.8, 4) is 0 Å². The first-order chi connectivity index (χ1) is 10.2. The van der Waals surface area contributed by atoms with E-state index < -0.39 is 0 Å². The maximum atomic E-state index is 11.8. The SMILES string of the molecule is Cc1ccc(=O)n(CC2CN(c3nc(C4CC4)ns3)C2)n1. The Morgan fingerprint density at radius 1 is 1.33 bits per heavy atom. The van der Waals surface area contributed by atoms with Gasteiger partial charge in [0.1, 0.15) is 5.82 Å². The van der Waals surface area contributed by atoms with Crippen LogP contribution in [0.1, 0.15) is 30.3 Å². The Kier molecular flexibility index (Phi) is 3.02. The maximum Gasteiger partial charge on any atom is 0.266 e. The molecule has 0 spiro atoms. The molecule has 3 heterocycles. The predicted octanol–water partition coefficient (Wildman–Crippen LogP) is 1.42. The Bertz CT molecular complexity index is 714. The largest absolute Gasteiger partial charge is 0.346 e. The van der Waals surface area contributed by atoms with Gasteiger partial charge in [-0.25, -0.2) is 9.67 Å². The van der Waals surface area contributed by atoms with Gasteiger partial charge in [0.15, 0.2) is 0 Å². The molecule has 6 nitrogen and oxygen atoms in total. The van der Waals surface area contributed by atoms with Crippen LogP contribution in [-0.2, 0) is 6.54 Å². The van der Waals surface area contributed by atoms with E-state index in [0.717, 1.165) is 29.7 Å². The van der Waals surface area contributed by atoms with E-state index >= 15 is 0 Å². The highest BCUT2D eigenvalue weighted by Crippen LogP contribution is 2.40. The van der Waals surface area contributed by atoms with Gasteiger partial charge in [-0.2, -0.15) is 9.47 Å². The van der Waals surface area contributed by atoms with Gasteiger partial charge in [0.2, 0.25) is 5.13 Å². The summed E-state index contributed by atoms with van der Waals surface area (Å²) in [5.41, 5.74) is 0.856. The Balaban J connectivity index is 1.38. The number of aryl methyl sites for hydroxylation is 1. The lowest BCUT2D eigenvalue weighted by Crippen LogP contribution is -2.49. The van der Waals surface area contributed by atoms with E-state index in [1.807, 2.05) is 6.92 Å². The molecule has 21 heavy (non-hydrogen) atoms. The van der Waals surface area contributed by atoms with Crippen molar-refractivity contribution in [2.45, 2.75) is 32.2 Å². The van der Waals surface area contributed by atoms with Crippen molar-refractivity contribution in [3.05, 3.63) is 34.0 Å². The molecule has 0 bridgehead atoms. The lowest BCUT2D eigenvalue weighted by Gasteiger charge is -2.38. The fourth-order valence-corrected chi connectivity index (χ4v) is 3.39. The molecule has 0 N–H and O–H groups in total. The molecule has 1 saturated carbocycles. The summed E-state index contributed by atoms with van der Waals surface area (Å²) in [6.45, 7) is 4.46. The van der Waals surface area contributed by atoms with E-state index in [0.29, 0.717) is 18.4 Å². The van der Waals surface area contributed by atoms with Crippen molar-refractivity contribution in [1.82, 2.24) is 19.1 Å². The summed E-state index contributed by atoms with van der Waals surface area (Å²) >= 11 is 1.50. The zero-order valence-corrected chi connectivity index (χ0v) is 12.7. The minimum Gasteiger partial charge on any atom is -0.346 e. The first kappa shape index (κ1) is 12.9. The van der Waals surface area contributed by atoms with Crippen LogP contribution in [0.25, 0.3) is 0 Å². The van der Waals surface area contributed by atoms with E-state index in [1.54, 1.807) is 16.8 Å². The molecule has 2 aliphatic rings. The molecule has 2 fully saturated rings. The van der Waals surface area contributed by atoms with Gasteiger partial charge in [0.25, 0.3) is 5.56 Å². The summed E-state index contributed by atoms with van der Waals surface area (Å²) in [6, 6.07) is 3.35. The highest BCUT2D eigenvalue weighted by molar-refractivity contribution is 7.09. The zero-order valence-electron chi connectivity index (χ0n) is 11.9. The van der Waals surface area contributed by atoms with Crippen molar-refractivity contribution in [3.63, 3.8) is 0 Å². The van der Waals surface area contributed by atoms with Crippen LogP contribution in [0.2, 0.25) is 0 Å². The van der Waals surface area contributed by atoms with Gasteiger partial charge in [-0.15, -0.1) is 0 Å². The Hall–Kier alpha value is -1.76. The first-order valence-electron chi connectivity index (χ1n) is 7.32. The minimum absolute atomic E-state index is 0.0222. The highest BCUT2D eigenvalue weighted by atomic mass is 32.1. The second kappa shape index (κ2) is 4.91. The average molecular weight is 303 g/mol. The third kappa shape index (κ3) is 2.57. The highest BCUT2D eigenvalue weighted by Gasteiger charge is 2.32. The van der Waals surface area contributed by atoms with Crippen LogP contribution < -0.4 is 10.5 Å². The van der Waals surface area contributed by atoms with Crippen LogP contribution in [0.15, 0.2) is 16.9 Å². The van der Waals surface area contributed by atoms with Crippen molar-refractivity contribution >= 4 is 16.7 Å². The van der Waals surface area contributed by atoms with Crippen molar-refractivity contribution in [2.75, 3.05) is 18.0 Å². The molecule has 2 aromatic heterocycles. The van der Waals surface area contributed by atoms with Gasteiger partial charge in [-0.05, 0) is 25.8 Å². The molecule has 2 aromatic rings. The van der Waals surface area contributed by atoms with Crippen LogP contribution in [0.5, 0.6) is 0 Å². The van der Waals surface area contributed by atoms with Crippen LogP contribution >= 0.6 is 11.5 Å². The van der Waals surface area contributed by atoms with E-state index in [9.17, 15) is 4.79 Å². The van der Waals surface area contributed by atoms with Crippen LogP contribution in [0.4, 0.5) is 5.13 Å². The third-order valence-electron chi connectivity index (χ3n) is 4.03. The molecule has 0 amide bonds. The quantitative estimate of drug-likeness (QED) is 0.854. The van der Waals surface area contributed by atoms with E-state index in [-0.39, 0.29) is 5.56 Å². The summed E-state index contributed by atoms with van der Waals surface area (Å²) in [5, 5.41) is 5.31. The van der Waals surface area contributed by atoms with Gasteiger partial charge < -0.3 is 4.90 Å². The Morgan fingerprint density at radius 2 is 2.14 bits per heavy atom. The lowest BCUT2D eigenvalue weighted by molar-refractivity contribution is 0.333. The molecule has 0 atom stereocenters. The van der Waals surface area contributed by atoms with Gasteiger partial charge in [0.05, 0.1) is 12.2 Å². The van der Waals surface area contributed by atoms with Gasteiger partial charge >= 0.3 is 0 Å². The normalized spacial score (nSPS) is 18.8. The van der Waals surface area contributed by atoms with E-state index in [2.05, 4.69) is 19.4 Å². The van der Waals surface area contributed by atoms with Gasteiger partial charge in [-0.3, -0.25) is 4.79 Å². The van der Waals surface area contributed by atoms with Gasteiger partial charge in [0, 0.05) is 42.5 Å². The maximum absolute atomic E-state index is 11.8. The van der Waals surface area contributed by atoms with Crippen molar-refractivity contribution < 1.29 is 0 Å². The van der Waals surface area contributed by atoms with E-state index in [1.165, 1.54) is 24.4 Å². The summed E-state index contributed by atoms with van der Waals surface area (Å²) in [4.78, 5) is 18.6. The Labute approximate surface area is 126 Å². The fourth-order valence-electron chi connectivity index (χ4n) is 2.63. The summed E-state index contributed by atoms with van der Waals surface area (Å²) in [7, 11) is 0. The number of anilines is 1. The van der Waals surface area contributed by atoms with E-state index in [4.69, 9.17) is 0 Å². The number of hydrogen-bond donors (Lipinski definition) is 0. The third-order valence-corrected chi connectivity index (χ3v) is 4.82. The molecule has 0 unspecified atom stereocenters. The average Bonchev–Trinajstić information content (AvgIpc) is 3.16. The summed E-state index contributed by atoms with van der Waals surface area (Å²) < 4.78 is 6.01. The molecular weight excluding hydrogens is 286 g/mol. The number of nitrogens with zero attached hydrogens (tertiary/aromatic N) is 5. The van der Waals surface area contributed by atoms with Crippen molar-refractivity contribution in [2.24, 2.45) is 5.92 Å². The number of aromatic nitrogens is 4. The van der Waals surface area contributed by atoms with Crippen molar-refractivity contribution in [1.29, 1.82) is 0 Å². The smallest absolute Gasteiger partial charge is 0.266 e. The molecule has 4 rings (SSSR count). The molecule has 110 valence electrons. The summed E-state index contributed by atoms with van der Waals surface area (Å²) in [5.74, 6) is 2.10. The standard InChI is InChI=1S/C14H17N5OS/c1-9-2-5-12(20)19(16-9)8-10-6-18(7-10)14-15-13(17-21-14)11-3-4-11/h2,5,10-11H,3-4,6-8H2,1H3. The lowest BCUT2D eigenvalue weighted by atomic mass is 10.0. The molecule has 0 radical (unpaired) electrons. The molecular formula is C14H17N5OS. The second-order valence-corrected chi connectivity index (χ2v) is 6.71. The molecule has 1 aliphatic carbocycles. The van der Waals surface area contributed by atoms with Crippen LogP contribution in [0.3, 0.4) is 0 Å². The first-order valence-corrected chi connectivity index (χ1v) is 8.10. The molecule has 0 aromatic carbocycles. The predicted molar refractivity (Wildman–Crippen MR) is 80.8 cm³/mol. The van der Waals surface area contributed by atoms with Crippen LogP contribution in [-0.4, -0.2) is 32.2 Å². The Morgan fingerprint density at radius 3 is 2.90 bits per heavy atom. The molecule has 1 aliphatic heterocycles. The summed E-state index contributed by atoms with van der Waals surface area (Å²) in [6.07, 6.45) is 2.47. The van der Waals surface area contributed by atoms with Crippen LogP contribution in [0, 0.1) is 12.8 Å². The number of rotatable bonds is 4. The second-order valence-electron chi connectivity index (χ2n) is 5.98. The minimum atomic E-state index is -0.0222. The molecule has 1 saturated heterocycles. The van der Waals surface area contributed by atoms with Gasteiger partial charge in [-0.1, -0.05) is 0 Å². The fraction of sp³-hybridized carbons (Fsp3) is 0.571.